The van der Waals surface area contributed by atoms with Crippen LogP contribution in [0, 0.1) is 11.3 Å². The third-order valence-corrected chi connectivity index (χ3v) is 6.70. The number of hydrogen-bond acceptors (Lipinski definition) is 6. The molecular weight excluding hydrogens is 450 g/mol. The van der Waals surface area contributed by atoms with Gasteiger partial charge in [-0.25, -0.2) is 9.97 Å². The molecular formula is C26H24ClN5O2. The Kier molecular flexibility index (Phi) is 6.18. The lowest BCUT2D eigenvalue weighted by Gasteiger charge is -2.22. The van der Waals surface area contributed by atoms with Gasteiger partial charge in [-0.15, -0.1) is 0 Å². The lowest BCUT2D eigenvalue weighted by atomic mass is 9.96. The minimum atomic E-state index is -0.0638. The number of nitrogen functional groups attached to an aromatic ring is 1. The van der Waals surface area contributed by atoms with Crippen molar-refractivity contribution in [3.8, 4) is 17.3 Å². The maximum Gasteiger partial charge on any atom is 0.231 e. The molecule has 0 radical (unpaired) electrons. The normalized spacial score (nSPS) is 15.7. The average molecular weight is 474 g/mol. The highest BCUT2D eigenvalue weighted by atomic mass is 35.5. The predicted molar refractivity (Wildman–Crippen MR) is 131 cm³/mol. The van der Waals surface area contributed by atoms with Crippen LogP contribution in [0.15, 0.2) is 42.6 Å². The van der Waals surface area contributed by atoms with Crippen molar-refractivity contribution in [3.63, 3.8) is 0 Å². The van der Waals surface area contributed by atoms with Gasteiger partial charge in [-0.3, -0.25) is 4.79 Å². The molecule has 3 heterocycles. The maximum absolute atomic E-state index is 13.1. The van der Waals surface area contributed by atoms with E-state index in [2.05, 4.69) is 11.1 Å². The number of hydrogen-bond donors (Lipinski definition) is 1. The topological polar surface area (TPSA) is 105 Å². The fraction of sp³-hybridized carbons (Fsp3) is 0.308. The summed E-state index contributed by atoms with van der Waals surface area (Å²) in [7, 11) is 0. The Morgan fingerprint density at radius 3 is 2.85 bits per heavy atom. The van der Waals surface area contributed by atoms with Gasteiger partial charge < -0.3 is 15.4 Å². The van der Waals surface area contributed by atoms with Crippen LogP contribution >= 0.6 is 11.6 Å². The number of amides is 1. The Morgan fingerprint density at radius 1 is 1.26 bits per heavy atom. The lowest BCUT2D eigenvalue weighted by molar-refractivity contribution is -0.117. The van der Waals surface area contributed by atoms with Crippen molar-refractivity contribution in [2.24, 2.45) is 0 Å². The second-order valence-electron chi connectivity index (χ2n) is 8.66. The second-order valence-corrected chi connectivity index (χ2v) is 9.10. The van der Waals surface area contributed by atoms with Crippen LogP contribution in [-0.2, 0) is 22.4 Å². The highest BCUT2D eigenvalue weighted by Gasteiger charge is 2.29. The molecule has 0 atom stereocenters. The summed E-state index contributed by atoms with van der Waals surface area (Å²) in [6.45, 7) is 1.95. The largest absolute Gasteiger partial charge is 0.382 e. The minimum Gasteiger partial charge on any atom is -0.382 e. The number of nitriles is 1. The lowest BCUT2D eigenvalue weighted by Crippen LogP contribution is -2.30. The summed E-state index contributed by atoms with van der Waals surface area (Å²) in [5.41, 5.74) is 11.3. The van der Waals surface area contributed by atoms with E-state index in [-0.39, 0.29) is 18.2 Å². The van der Waals surface area contributed by atoms with Crippen LogP contribution in [-0.4, -0.2) is 35.6 Å². The molecule has 8 heteroatoms. The quantitative estimate of drug-likeness (QED) is 0.606. The van der Waals surface area contributed by atoms with Gasteiger partial charge in [0, 0.05) is 36.3 Å². The molecule has 7 nitrogen and oxygen atoms in total. The third-order valence-electron chi connectivity index (χ3n) is 6.46. The molecule has 1 fully saturated rings. The zero-order chi connectivity index (χ0) is 23.7. The first kappa shape index (κ1) is 22.3. The van der Waals surface area contributed by atoms with Crippen molar-refractivity contribution in [2.75, 3.05) is 30.4 Å². The second kappa shape index (κ2) is 9.41. The molecule has 34 heavy (non-hydrogen) atoms. The molecule has 2 aliphatic rings. The number of nitrogens with two attached hydrogens (primary N) is 1. The summed E-state index contributed by atoms with van der Waals surface area (Å²) in [6, 6.07) is 13.3. The number of halogens is 1. The number of aromatic nitrogens is 2. The van der Waals surface area contributed by atoms with E-state index in [9.17, 15) is 10.1 Å². The van der Waals surface area contributed by atoms with Crippen molar-refractivity contribution < 1.29 is 9.53 Å². The average Bonchev–Trinajstić information content (AvgIpc) is 3.29. The highest BCUT2D eigenvalue weighted by molar-refractivity contribution is 6.30. The van der Waals surface area contributed by atoms with Gasteiger partial charge in [-0.05, 0) is 54.7 Å². The molecule has 2 N–H and O–H groups in total. The smallest absolute Gasteiger partial charge is 0.231 e. The van der Waals surface area contributed by atoms with E-state index in [1.807, 2.05) is 18.2 Å². The fourth-order valence-electron chi connectivity index (χ4n) is 4.75. The van der Waals surface area contributed by atoms with Crippen LogP contribution in [0.2, 0.25) is 5.02 Å². The number of benzene rings is 2. The summed E-state index contributed by atoms with van der Waals surface area (Å²) in [5, 5.41) is 10.5. The Morgan fingerprint density at radius 2 is 2.09 bits per heavy atom. The molecule has 3 aromatic rings. The summed E-state index contributed by atoms with van der Waals surface area (Å²) >= 11 is 6.07. The number of rotatable bonds is 4. The van der Waals surface area contributed by atoms with Crippen LogP contribution in [0.25, 0.3) is 11.3 Å². The zero-order valence-corrected chi connectivity index (χ0v) is 19.4. The first-order chi connectivity index (χ1) is 16.5. The van der Waals surface area contributed by atoms with Crippen LogP contribution in [0.4, 0.5) is 11.5 Å². The first-order valence-electron chi connectivity index (χ1n) is 11.4. The molecule has 0 bridgehead atoms. The number of ether oxygens (including phenoxy) is 1. The van der Waals surface area contributed by atoms with E-state index in [4.69, 9.17) is 27.1 Å². The number of nitrogens with zero attached hydrogens (tertiary/aromatic N) is 4. The van der Waals surface area contributed by atoms with Gasteiger partial charge in [0.2, 0.25) is 5.91 Å². The molecule has 5 rings (SSSR count). The monoisotopic (exact) mass is 473 g/mol. The molecule has 0 aliphatic carbocycles. The van der Waals surface area contributed by atoms with Crippen LogP contribution in [0.5, 0.6) is 0 Å². The molecule has 0 unspecified atom stereocenters. The molecule has 172 valence electrons. The fourth-order valence-corrected chi connectivity index (χ4v) is 4.96. The van der Waals surface area contributed by atoms with E-state index >= 15 is 0 Å². The van der Waals surface area contributed by atoms with E-state index < -0.39 is 0 Å². The van der Waals surface area contributed by atoms with Crippen LogP contribution in [0.1, 0.15) is 41.1 Å². The molecule has 1 saturated heterocycles. The highest BCUT2D eigenvalue weighted by Crippen LogP contribution is 2.37. The van der Waals surface area contributed by atoms with Gasteiger partial charge in [0.25, 0.3) is 0 Å². The Bertz CT molecular complexity index is 1300. The standard InChI is InChI=1S/C26H24ClN5O2/c27-21-3-1-2-16(10-21)11-23(33)32-7-4-18-12-19(13-20(14-28)25(18)32)24-26(29)30-15-22(31-24)17-5-8-34-9-6-17/h1-3,10,12-13,15,17H,4-9,11H2,(H2,29,30). The minimum absolute atomic E-state index is 0.0638. The van der Waals surface area contributed by atoms with E-state index in [1.54, 1.807) is 29.3 Å². The SMILES string of the molecule is N#Cc1cc(-c2nc(C3CCOCC3)cnc2N)cc2c1N(C(=O)Cc1cccc(Cl)c1)CC2. The molecule has 1 aromatic heterocycles. The van der Waals surface area contributed by atoms with E-state index in [0.29, 0.717) is 54.0 Å². The van der Waals surface area contributed by atoms with Crippen LogP contribution in [0.3, 0.4) is 0 Å². The number of carbonyl (C=O) groups excluding carboxylic acids is 1. The summed E-state index contributed by atoms with van der Waals surface area (Å²) in [4.78, 5) is 24.0. The number of anilines is 2. The van der Waals surface area contributed by atoms with Crippen molar-refractivity contribution in [1.82, 2.24) is 9.97 Å². The molecule has 1 amide bonds. The Hall–Kier alpha value is -3.47. The first-order valence-corrected chi connectivity index (χ1v) is 11.7. The van der Waals surface area contributed by atoms with E-state index in [0.717, 1.165) is 35.2 Å². The van der Waals surface area contributed by atoms with Gasteiger partial charge in [0.1, 0.15) is 17.6 Å². The van der Waals surface area contributed by atoms with Crippen molar-refractivity contribution in [3.05, 3.63) is 70.0 Å². The van der Waals surface area contributed by atoms with Gasteiger partial charge in [0.15, 0.2) is 0 Å². The Labute approximate surface area is 203 Å². The van der Waals surface area contributed by atoms with Crippen molar-refractivity contribution in [2.45, 2.75) is 31.6 Å². The molecule has 2 aliphatic heterocycles. The molecule has 0 saturated carbocycles. The van der Waals surface area contributed by atoms with Gasteiger partial charge in [-0.2, -0.15) is 5.26 Å². The molecule has 2 aromatic carbocycles. The summed E-state index contributed by atoms with van der Waals surface area (Å²) in [6.07, 6.45) is 4.42. The van der Waals surface area contributed by atoms with Gasteiger partial charge in [0.05, 0.1) is 29.6 Å². The summed E-state index contributed by atoms with van der Waals surface area (Å²) in [5.74, 6) is 0.544. The third kappa shape index (κ3) is 4.35. The zero-order valence-electron chi connectivity index (χ0n) is 18.6. The van der Waals surface area contributed by atoms with Crippen molar-refractivity contribution >= 4 is 29.0 Å². The number of carbonyl (C=O) groups is 1. The van der Waals surface area contributed by atoms with Gasteiger partial charge >= 0.3 is 0 Å². The molecule has 0 spiro atoms. The van der Waals surface area contributed by atoms with Crippen molar-refractivity contribution in [1.29, 1.82) is 5.26 Å². The summed E-state index contributed by atoms with van der Waals surface area (Å²) < 4.78 is 5.47. The van der Waals surface area contributed by atoms with Crippen LogP contribution < -0.4 is 10.6 Å². The van der Waals surface area contributed by atoms with E-state index in [1.165, 1.54) is 0 Å². The van der Waals surface area contributed by atoms with Gasteiger partial charge in [-0.1, -0.05) is 23.7 Å². The predicted octanol–water partition coefficient (Wildman–Crippen LogP) is 4.28. The maximum atomic E-state index is 13.1. The Balaban J connectivity index is 1.47. The number of fused-ring (bicyclic) bond motifs is 1.